The summed E-state index contributed by atoms with van der Waals surface area (Å²) in [6.45, 7) is 0. The molecule has 2 aromatic rings. The Morgan fingerprint density at radius 3 is 2.39 bits per heavy atom. The molecule has 4 heteroatoms. The minimum atomic E-state index is -0.422. The van der Waals surface area contributed by atoms with Crippen LogP contribution in [0.2, 0.25) is 10.0 Å². The Labute approximate surface area is 116 Å². The van der Waals surface area contributed by atoms with E-state index >= 15 is 0 Å². The molecule has 2 rings (SSSR count). The van der Waals surface area contributed by atoms with E-state index in [9.17, 15) is 4.39 Å². The van der Waals surface area contributed by atoms with Crippen LogP contribution in [0.1, 0.15) is 17.2 Å². The minimum Gasteiger partial charge on any atom is -0.309 e. The molecular weight excluding hydrogens is 272 g/mol. The average Bonchev–Trinajstić information content (AvgIpc) is 2.37. The second-order valence-electron chi connectivity index (χ2n) is 3.92. The van der Waals surface area contributed by atoms with Gasteiger partial charge in [0, 0.05) is 5.02 Å². The van der Waals surface area contributed by atoms with Gasteiger partial charge in [-0.15, -0.1) is 0 Å². The highest BCUT2D eigenvalue weighted by molar-refractivity contribution is 6.31. The molecule has 0 fully saturated rings. The SMILES string of the molecule is CNC(c1ccc(F)c(Cl)c1)c1ccccc1Cl. The largest absolute Gasteiger partial charge is 0.309 e. The molecule has 2 aromatic carbocycles. The average molecular weight is 284 g/mol. The Kier molecular flexibility index (Phi) is 4.23. The van der Waals surface area contributed by atoms with Gasteiger partial charge in [0.2, 0.25) is 0 Å². The van der Waals surface area contributed by atoms with Gasteiger partial charge >= 0.3 is 0 Å². The van der Waals surface area contributed by atoms with Gasteiger partial charge in [-0.25, -0.2) is 4.39 Å². The van der Waals surface area contributed by atoms with Crippen LogP contribution in [-0.4, -0.2) is 7.05 Å². The molecule has 0 amide bonds. The molecule has 0 saturated carbocycles. The number of hydrogen-bond acceptors (Lipinski definition) is 1. The van der Waals surface area contributed by atoms with Crippen molar-refractivity contribution in [1.29, 1.82) is 0 Å². The lowest BCUT2D eigenvalue weighted by atomic mass is 9.99. The van der Waals surface area contributed by atoms with Crippen molar-refractivity contribution in [2.45, 2.75) is 6.04 Å². The van der Waals surface area contributed by atoms with Crippen LogP contribution in [0, 0.1) is 5.82 Å². The zero-order chi connectivity index (χ0) is 13.1. The van der Waals surface area contributed by atoms with E-state index in [1.54, 1.807) is 12.1 Å². The van der Waals surface area contributed by atoms with E-state index < -0.39 is 5.82 Å². The lowest BCUT2D eigenvalue weighted by Crippen LogP contribution is -2.18. The first-order chi connectivity index (χ1) is 8.63. The molecule has 1 N–H and O–H groups in total. The Hall–Kier alpha value is -1.09. The first-order valence-electron chi connectivity index (χ1n) is 5.50. The van der Waals surface area contributed by atoms with E-state index in [2.05, 4.69) is 5.32 Å². The Balaban J connectivity index is 2.45. The number of nitrogens with one attached hydrogen (secondary N) is 1. The Morgan fingerprint density at radius 1 is 1.06 bits per heavy atom. The van der Waals surface area contributed by atoms with Crippen LogP contribution in [0.15, 0.2) is 42.5 Å². The van der Waals surface area contributed by atoms with Crippen molar-refractivity contribution in [2.75, 3.05) is 7.05 Å². The highest BCUT2D eigenvalue weighted by Crippen LogP contribution is 2.29. The lowest BCUT2D eigenvalue weighted by Gasteiger charge is -2.18. The van der Waals surface area contributed by atoms with Crippen molar-refractivity contribution in [3.63, 3.8) is 0 Å². The van der Waals surface area contributed by atoms with Crippen LogP contribution in [0.25, 0.3) is 0 Å². The van der Waals surface area contributed by atoms with E-state index in [4.69, 9.17) is 23.2 Å². The van der Waals surface area contributed by atoms with Gasteiger partial charge in [-0.1, -0.05) is 47.5 Å². The Bertz CT molecular complexity index is 557. The van der Waals surface area contributed by atoms with E-state index in [1.807, 2.05) is 31.3 Å². The third-order valence-electron chi connectivity index (χ3n) is 2.78. The molecule has 1 unspecified atom stereocenters. The van der Waals surface area contributed by atoms with Crippen molar-refractivity contribution in [2.24, 2.45) is 0 Å². The summed E-state index contributed by atoms with van der Waals surface area (Å²) in [4.78, 5) is 0. The van der Waals surface area contributed by atoms with Gasteiger partial charge in [-0.2, -0.15) is 0 Å². The maximum atomic E-state index is 13.2. The van der Waals surface area contributed by atoms with Gasteiger partial charge in [0.1, 0.15) is 5.82 Å². The summed E-state index contributed by atoms with van der Waals surface area (Å²) in [6.07, 6.45) is 0. The monoisotopic (exact) mass is 283 g/mol. The van der Waals surface area contributed by atoms with Crippen molar-refractivity contribution in [3.05, 3.63) is 69.5 Å². The number of halogens is 3. The molecule has 0 aliphatic carbocycles. The van der Waals surface area contributed by atoms with E-state index in [0.717, 1.165) is 11.1 Å². The van der Waals surface area contributed by atoms with Crippen molar-refractivity contribution >= 4 is 23.2 Å². The third kappa shape index (κ3) is 2.66. The van der Waals surface area contributed by atoms with Gasteiger partial charge < -0.3 is 5.32 Å². The second-order valence-corrected chi connectivity index (χ2v) is 4.73. The minimum absolute atomic E-state index is 0.111. The summed E-state index contributed by atoms with van der Waals surface area (Å²) in [5.41, 5.74) is 1.81. The van der Waals surface area contributed by atoms with E-state index in [-0.39, 0.29) is 11.1 Å². The zero-order valence-corrected chi connectivity index (χ0v) is 11.3. The van der Waals surface area contributed by atoms with Gasteiger partial charge in [0.05, 0.1) is 11.1 Å². The fourth-order valence-electron chi connectivity index (χ4n) is 1.90. The van der Waals surface area contributed by atoms with Crippen molar-refractivity contribution in [3.8, 4) is 0 Å². The lowest BCUT2D eigenvalue weighted by molar-refractivity contribution is 0.624. The second kappa shape index (κ2) is 5.70. The molecule has 0 radical (unpaired) electrons. The van der Waals surface area contributed by atoms with Crippen LogP contribution in [-0.2, 0) is 0 Å². The van der Waals surface area contributed by atoms with Crippen LogP contribution in [0.5, 0.6) is 0 Å². The van der Waals surface area contributed by atoms with Gasteiger partial charge in [0.25, 0.3) is 0 Å². The molecule has 0 spiro atoms. The molecule has 0 bridgehead atoms. The molecule has 1 atom stereocenters. The molecular formula is C14H12Cl2FN. The normalized spacial score (nSPS) is 12.4. The summed E-state index contributed by atoms with van der Waals surface area (Å²) >= 11 is 12.0. The summed E-state index contributed by atoms with van der Waals surface area (Å²) in [5, 5.41) is 3.93. The molecule has 1 nitrogen and oxygen atoms in total. The molecule has 0 aliphatic heterocycles. The van der Waals surface area contributed by atoms with Crippen LogP contribution in [0.4, 0.5) is 4.39 Å². The summed E-state index contributed by atoms with van der Waals surface area (Å²) in [6, 6.07) is 12.1. The van der Waals surface area contributed by atoms with E-state index in [0.29, 0.717) is 5.02 Å². The first-order valence-corrected chi connectivity index (χ1v) is 6.25. The topological polar surface area (TPSA) is 12.0 Å². The summed E-state index contributed by atoms with van der Waals surface area (Å²) in [7, 11) is 1.82. The molecule has 0 heterocycles. The quantitative estimate of drug-likeness (QED) is 0.878. The Morgan fingerprint density at radius 2 is 1.78 bits per heavy atom. The maximum Gasteiger partial charge on any atom is 0.141 e. The molecule has 18 heavy (non-hydrogen) atoms. The standard InChI is InChI=1S/C14H12Cl2FN/c1-18-14(10-4-2-3-5-11(10)15)9-6-7-13(17)12(16)8-9/h2-8,14,18H,1H3. The van der Waals surface area contributed by atoms with Crippen LogP contribution >= 0.6 is 23.2 Å². The zero-order valence-electron chi connectivity index (χ0n) is 9.75. The molecule has 0 aromatic heterocycles. The molecule has 0 aliphatic rings. The number of hydrogen-bond donors (Lipinski definition) is 1. The summed E-state index contributed by atoms with van der Waals surface area (Å²) in [5.74, 6) is -0.422. The highest BCUT2D eigenvalue weighted by Gasteiger charge is 2.15. The van der Waals surface area contributed by atoms with Gasteiger partial charge in [-0.3, -0.25) is 0 Å². The first kappa shape index (κ1) is 13.3. The fraction of sp³-hybridized carbons (Fsp3) is 0.143. The smallest absolute Gasteiger partial charge is 0.141 e. The van der Waals surface area contributed by atoms with Gasteiger partial charge in [-0.05, 0) is 36.4 Å². The fourth-order valence-corrected chi connectivity index (χ4v) is 2.34. The van der Waals surface area contributed by atoms with Crippen LogP contribution < -0.4 is 5.32 Å². The molecule has 0 saturated heterocycles. The number of rotatable bonds is 3. The number of benzene rings is 2. The van der Waals surface area contributed by atoms with Crippen molar-refractivity contribution in [1.82, 2.24) is 5.32 Å². The summed E-state index contributed by atoms with van der Waals surface area (Å²) < 4.78 is 13.2. The maximum absolute atomic E-state index is 13.2. The third-order valence-corrected chi connectivity index (χ3v) is 3.42. The van der Waals surface area contributed by atoms with Crippen LogP contribution in [0.3, 0.4) is 0 Å². The molecule has 94 valence electrons. The predicted molar refractivity (Wildman–Crippen MR) is 73.8 cm³/mol. The predicted octanol–water partition coefficient (Wildman–Crippen LogP) is 4.44. The van der Waals surface area contributed by atoms with Gasteiger partial charge in [0.15, 0.2) is 0 Å². The van der Waals surface area contributed by atoms with E-state index in [1.165, 1.54) is 6.07 Å². The highest BCUT2D eigenvalue weighted by atomic mass is 35.5. The van der Waals surface area contributed by atoms with Crippen molar-refractivity contribution < 1.29 is 4.39 Å².